The molecule has 0 amide bonds. The molecule has 0 aliphatic carbocycles. The highest BCUT2D eigenvalue weighted by atomic mass is 35.5. The zero-order valence-electron chi connectivity index (χ0n) is 9.94. The number of hydrogen-bond donors (Lipinski definition) is 1. The van der Waals surface area contributed by atoms with E-state index in [4.69, 9.17) is 0 Å². The van der Waals surface area contributed by atoms with Crippen LogP contribution in [-0.2, 0) is 11.2 Å². The third-order valence-electron chi connectivity index (χ3n) is 3.08. The van der Waals surface area contributed by atoms with Crippen molar-refractivity contribution in [2.45, 2.75) is 12.8 Å². The van der Waals surface area contributed by atoms with Crippen LogP contribution in [0.4, 0.5) is 0 Å². The van der Waals surface area contributed by atoms with E-state index in [-0.39, 0.29) is 18.4 Å². The van der Waals surface area contributed by atoms with Crippen LogP contribution in [0.1, 0.15) is 22.3 Å². The van der Waals surface area contributed by atoms with Crippen LogP contribution in [0.5, 0.6) is 0 Å². The zero-order valence-corrected chi connectivity index (χ0v) is 10.8. The monoisotopic (exact) mass is 255 g/mol. The molecule has 17 heavy (non-hydrogen) atoms. The van der Waals surface area contributed by atoms with E-state index < -0.39 is 0 Å². The molecule has 94 valence electrons. The highest BCUT2D eigenvalue weighted by molar-refractivity contribution is 5.89. The van der Waals surface area contributed by atoms with Crippen molar-refractivity contribution in [3.63, 3.8) is 0 Å². The molecule has 1 aromatic carbocycles. The molecule has 0 spiro atoms. The fraction of sp³-hybridized carbons (Fsp3) is 0.462. The Morgan fingerprint density at radius 1 is 1.35 bits per heavy atom. The minimum absolute atomic E-state index is 0. The summed E-state index contributed by atoms with van der Waals surface area (Å²) in [4.78, 5) is 11.2. The fourth-order valence-corrected chi connectivity index (χ4v) is 1.85. The number of nitrogens with one attached hydrogen (secondary N) is 1. The van der Waals surface area contributed by atoms with Crippen molar-refractivity contribution in [3.8, 4) is 0 Å². The first-order chi connectivity index (χ1) is 7.79. The highest BCUT2D eigenvalue weighted by Gasteiger charge is 2.15. The van der Waals surface area contributed by atoms with Gasteiger partial charge in [-0.2, -0.15) is 0 Å². The number of carbonyl (C=O) groups is 1. The van der Waals surface area contributed by atoms with Crippen LogP contribution >= 0.6 is 12.4 Å². The Morgan fingerprint density at radius 3 is 2.47 bits per heavy atom. The van der Waals surface area contributed by atoms with Crippen molar-refractivity contribution in [2.75, 3.05) is 20.2 Å². The second-order valence-corrected chi connectivity index (χ2v) is 4.25. The van der Waals surface area contributed by atoms with E-state index in [0.29, 0.717) is 5.56 Å². The molecule has 0 saturated carbocycles. The Hall–Kier alpha value is -1.06. The van der Waals surface area contributed by atoms with Gasteiger partial charge in [0.15, 0.2) is 0 Å². The number of aryl methyl sites for hydroxylation is 1. The molecule has 0 atom stereocenters. The average Bonchev–Trinajstić information content (AvgIpc) is 2.27. The number of carbonyl (C=O) groups excluding carboxylic acids is 1. The van der Waals surface area contributed by atoms with E-state index in [1.165, 1.54) is 19.1 Å². The van der Waals surface area contributed by atoms with Crippen LogP contribution < -0.4 is 5.32 Å². The maximum atomic E-state index is 11.2. The molecule has 2 rings (SSSR count). The molecular formula is C13H18ClNO2. The van der Waals surface area contributed by atoms with Gasteiger partial charge in [0.25, 0.3) is 0 Å². The lowest BCUT2D eigenvalue weighted by Gasteiger charge is -2.26. The molecule has 3 nitrogen and oxygen atoms in total. The van der Waals surface area contributed by atoms with Gasteiger partial charge in [-0.1, -0.05) is 12.1 Å². The summed E-state index contributed by atoms with van der Waals surface area (Å²) >= 11 is 0. The predicted octanol–water partition coefficient (Wildman–Crippen LogP) is 2.05. The van der Waals surface area contributed by atoms with E-state index in [0.717, 1.165) is 25.4 Å². The Labute approximate surface area is 108 Å². The van der Waals surface area contributed by atoms with Gasteiger partial charge in [0.1, 0.15) is 0 Å². The molecule has 1 aliphatic rings. The number of halogens is 1. The lowest BCUT2D eigenvalue weighted by Crippen LogP contribution is -2.42. The Bertz CT molecular complexity index is 360. The summed E-state index contributed by atoms with van der Waals surface area (Å²) in [6, 6.07) is 7.69. The van der Waals surface area contributed by atoms with Crippen LogP contribution in [0.2, 0.25) is 0 Å². The van der Waals surface area contributed by atoms with Gasteiger partial charge in [-0.15, -0.1) is 12.4 Å². The SMILES string of the molecule is COC(=O)c1ccc(CCC2CNC2)cc1.Cl. The molecule has 0 radical (unpaired) electrons. The van der Waals surface area contributed by atoms with Gasteiger partial charge in [0.2, 0.25) is 0 Å². The van der Waals surface area contributed by atoms with E-state index in [2.05, 4.69) is 10.1 Å². The zero-order chi connectivity index (χ0) is 11.4. The normalized spacial score (nSPS) is 14.6. The number of hydrogen-bond acceptors (Lipinski definition) is 3. The van der Waals surface area contributed by atoms with Crippen LogP contribution in [0.15, 0.2) is 24.3 Å². The minimum atomic E-state index is -0.269. The van der Waals surface area contributed by atoms with Gasteiger partial charge in [0.05, 0.1) is 12.7 Å². The largest absolute Gasteiger partial charge is 0.465 e. The topological polar surface area (TPSA) is 38.3 Å². The van der Waals surface area contributed by atoms with E-state index in [1.54, 1.807) is 0 Å². The Morgan fingerprint density at radius 2 is 2.00 bits per heavy atom. The minimum Gasteiger partial charge on any atom is -0.465 e. The standard InChI is InChI=1S/C13H17NO2.ClH/c1-16-13(15)12-6-4-10(5-7-12)2-3-11-8-14-9-11;/h4-7,11,14H,2-3,8-9H2,1H3;1H. The van der Waals surface area contributed by atoms with Crippen molar-refractivity contribution in [1.82, 2.24) is 5.32 Å². The molecule has 1 fully saturated rings. The lowest BCUT2D eigenvalue weighted by molar-refractivity contribution is 0.0600. The van der Waals surface area contributed by atoms with Gasteiger partial charge < -0.3 is 10.1 Å². The van der Waals surface area contributed by atoms with Crippen molar-refractivity contribution in [1.29, 1.82) is 0 Å². The second-order valence-electron chi connectivity index (χ2n) is 4.25. The van der Waals surface area contributed by atoms with Gasteiger partial charge in [-0.25, -0.2) is 4.79 Å². The molecule has 1 aromatic rings. The summed E-state index contributed by atoms with van der Waals surface area (Å²) in [5, 5.41) is 3.27. The van der Waals surface area contributed by atoms with Gasteiger partial charge in [0, 0.05) is 0 Å². The van der Waals surface area contributed by atoms with Gasteiger partial charge >= 0.3 is 5.97 Å². The van der Waals surface area contributed by atoms with E-state index >= 15 is 0 Å². The van der Waals surface area contributed by atoms with E-state index in [9.17, 15) is 4.79 Å². The number of benzene rings is 1. The first-order valence-corrected chi connectivity index (χ1v) is 5.67. The van der Waals surface area contributed by atoms with Crippen LogP contribution in [0.3, 0.4) is 0 Å². The smallest absolute Gasteiger partial charge is 0.337 e. The number of methoxy groups -OCH3 is 1. The second kappa shape index (κ2) is 6.62. The highest BCUT2D eigenvalue weighted by Crippen LogP contribution is 2.14. The Balaban J connectivity index is 0.00000144. The molecule has 0 bridgehead atoms. The summed E-state index contributed by atoms with van der Waals surface area (Å²) in [6.45, 7) is 2.31. The predicted molar refractivity (Wildman–Crippen MR) is 69.7 cm³/mol. The number of rotatable bonds is 4. The van der Waals surface area contributed by atoms with Crippen molar-refractivity contribution in [3.05, 3.63) is 35.4 Å². The summed E-state index contributed by atoms with van der Waals surface area (Å²) in [7, 11) is 1.40. The Kier molecular flexibility index (Phi) is 5.45. The molecule has 1 saturated heterocycles. The summed E-state index contributed by atoms with van der Waals surface area (Å²) in [5.41, 5.74) is 1.91. The maximum Gasteiger partial charge on any atom is 0.337 e. The van der Waals surface area contributed by atoms with Crippen LogP contribution in [0.25, 0.3) is 0 Å². The van der Waals surface area contributed by atoms with Crippen molar-refractivity contribution < 1.29 is 9.53 Å². The summed E-state index contributed by atoms with van der Waals surface area (Å²) in [6.07, 6.45) is 2.32. The molecule has 0 unspecified atom stereocenters. The number of ether oxygens (including phenoxy) is 1. The number of esters is 1. The third-order valence-corrected chi connectivity index (χ3v) is 3.08. The molecule has 0 aromatic heterocycles. The van der Waals surface area contributed by atoms with Gasteiger partial charge in [-0.05, 0) is 49.5 Å². The first-order valence-electron chi connectivity index (χ1n) is 5.67. The van der Waals surface area contributed by atoms with Gasteiger partial charge in [-0.3, -0.25) is 0 Å². The fourth-order valence-electron chi connectivity index (χ4n) is 1.85. The first kappa shape index (κ1) is 14.0. The molecule has 1 heterocycles. The quantitative estimate of drug-likeness (QED) is 0.837. The molecule has 4 heteroatoms. The summed E-state index contributed by atoms with van der Waals surface area (Å²) in [5.74, 6) is 0.565. The summed E-state index contributed by atoms with van der Waals surface area (Å²) < 4.78 is 4.65. The molecular weight excluding hydrogens is 238 g/mol. The maximum absolute atomic E-state index is 11.2. The van der Waals surface area contributed by atoms with Crippen molar-refractivity contribution >= 4 is 18.4 Å². The van der Waals surface area contributed by atoms with E-state index in [1.807, 2.05) is 24.3 Å². The molecule has 1 N–H and O–H groups in total. The average molecular weight is 256 g/mol. The molecule has 1 aliphatic heterocycles. The van der Waals surface area contributed by atoms with Crippen LogP contribution in [-0.4, -0.2) is 26.2 Å². The van der Waals surface area contributed by atoms with Crippen molar-refractivity contribution in [2.24, 2.45) is 5.92 Å². The lowest BCUT2D eigenvalue weighted by atomic mass is 9.94. The van der Waals surface area contributed by atoms with Crippen LogP contribution in [0, 0.1) is 5.92 Å². The third kappa shape index (κ3) is 3.72.